The number of anilines is 2. The van der Waals surface area contributed by atoms with E-state index in [-0.39, 0.29) is 0 Å². The third-order valence-electron chi connectivity index (χ3n) is 4.71. The molecular formula is C20H27N3O. The van der Waals surface area contributed by atoms with Gasteiger partial charge in [-0.25, -0.2) is 0 Å². The van der Waals surface area contributed by atoms with Gasteiger partial charge in [-0.2, -0.15) is 0 Å². The normalized spacial score (nSPS) is 15.4. The van der Waals surface area contributed by atoms with Crippen LogP contribution in [0.5, 0.6) is 5.75 Å². The van der Waals surface area contributed by atoms with E-state index < -0.39 is 0 Å². The largest absolute Gasteiger partial charge is 0.497 e. The van der Waals surface area contributed by atoms with E-state index in [0.29, 0.717) is 0 Å². The SMILES string of the molecule is COc1cccc(CN(C)c2ccc(N3CCN(C)CC3)cc2)c1. The molecule has 0 aromatic heterocycles. The summed E-state index contributed by atoms with van der Waals surface area (Å²) in [6.45, 7) is 5.35. The van der Waals surface area contributed by atoms with Crippen molar-refractivity contribution in [3.63, 3.8) is 0 Å². The summed E-state index contributed by atoms with van der Waals surface area (Å²) in [5.74, 6) is 0.909. The quantitative estimate of drug-likeness (QED) is 0.841. The van der Waals surface area contributed by atoms with Crippen molar-refractivity contribution in [2.24, 2.45) is 0 Å². The van der Waals surface area contributed by atoms with Gasteiger partial charge in [-0.1, -0.05) is 12.1 Å². The predicted octanol–water partition coefficient (Wildman–Crippen LogP) is 3.08. The maximum Gasteiger partial charge on any atom is 0.119 e. The van der Waals surface area contributed by atoms with Gasteiger partial charge in [0.05, 0.1) is 7.11 Å². The Labute approximate surface area is 145 Å². The molecule has 2 aromatic rings. The number of hydrogen-bond acceptors (Lipinski definition) is 4. The number of benzene rings is 2. The van der Waals surface area contributed by atoms with E-state index in [2.05, 4.69) is 65.2 Å². The van der Waals surface area contributed by atoms with Crippen LogP contribution in [-0.2, 0) is 6.54 Å². The van der Waals surface area contributed by atoms with Gasteiger partial charge in [0.25, 0.3) is 0 Å². The molecule has 0 unspecified atom stereocenters. The zero-order chi connectivity index (χ0) is 16.9. The van der Waals surface area contributed by atoms with Gasteiger partial charge in [0.15, 0.2) is 0 Å². The molecule has 0 atom stereocenters. The van der Waals surface area contributed by atoms with Crippen molar-refractivity contribution in [3.8, 4) is 5.75 Å². The minimum atomic E-state index is 0.866. The molecule has 0 N–H and O–H groups in total. The highest BCUT2D eigenvalue weighted by Gasteiger charge is 2.14. The Kier molecular flexibility index (Phi) is 5.26. The molecule has 24 heavy (non-hydrogen) atoms. The number of rotatable bonds is 5. The van der Waals surface area contributed by atoms with E-state index in [4.69, 9.17) is 4.74 Å². The molecule has 1 saturated heterocycles. The molecule has 0 saturated carbocycles. The molecule has 128 valence electrons. The summed E-state index contributed by atoms with van der Waals surface area (Å²) in [6.07, 6.45) is 0. The van der Waals surface area contributed by atoms with Crippen LogP contribution in [0.2, 0.25) is 0 Å². The highest BCUT2D eigenvalue weighted by atomic mass is 16.5. The molecule has 0 bridgehead atoms. The van der Waals surface area contributed by atoms with Crippen molar-refractivity contribution in [1.29, 1.82) is 0 Å². The number of hydrogen-bond donors (Lipinski definition) is 0. The average molecular weight is 325 g/mol. The maximum atomic E-state index is 5.31. The summed E-state index contributed by atoms with van der Waals surface area (Å²) in [6, 6.07) is 17.2. The smallest absolute Gasteiger partial charge is 0.119 e. The van der Waals surface area contributed by atoms with Crippen molar-refractivity contribution in [1.82, 2.24) is 4.90 Å². The molecule has 0 spiro atoms. The van der Waals surface area contributed by atoms with E-state index in [0.717, 1.165) is 38.5 Å². The van der Waals surface area contributed by atoms with Gasteiger partial charge in [0.1, 0.15) is 5.75 Å². The number of likely N-dealkylation sites (N-methyl/N-ethyl adjacent to an activating group) is 1. The molecule has 1 aliphatic heterocycles. The monoisotopic (exact) mass is 325 g/mol. The Morgan fingerprint density at radius 3 is 2.38 bits per heavy atom. The van der Waals surface area contributed by atoms with Crippen molar-refractivity contribution in [2.75, 3.05) is 57.2 Å². The fraction of sp³-hybridized carbons (Fsp3) is 0.400. The van der Waals surface area contributed by atoms with E-state index in [1.807, 2.05) is 12.1 Å². The first-order chi connectivity index (χ1) is 11.7. The lowest BCUT2D eigenvalue weighted by Gasteiger charge is -2.34. The molecule has 0 amide bonds. The summed E-state index contributed by atoms with van der Waals surface area (Å²) in [5.41, 5.74) is 3.80. The van der Waals surface area contributed by atoms with Crippen molar-refractivity contribution in [2.45, 2.75) is 6.54 Å². The number of ether oxygens (including phenoxy) is 1. The van der Waals surface area contributed by atoms with Gasteiger partial charge in [-0.05, 0) is 49.0 Å². The number of nitrogens with zero attached hydrogens (tertiary/aromatic N) is 3. The van der Waals surface area contributed by atoms with Gasteiger partial charge < -0.3 is 19.4 Å². The molecule has 1 heterocycles. The van der Waals surface area contributed by atoms with Crippen molar-refractivity contribution in [3.05, 3.63) is 54.1 Å². The fourth-order valence-electron chi connectivity index (χ4n) is 3.12. The first kappa shape index (κ1) is 16.7. The van der Waals surface area contributed by atoms with Gasteiger partial charge >= 0.3 is 0 Å². The minimum Gasteiger partial charge on any atom is -0.497 e. The highest BCUT2D eigenvalue weighted by Crippen LogP contribution is 2.23. The molecule has 1 aliphatic rings. The Morgan fingerprint density at radius 2 is 1.71 bits per heavy atom. The topological polar surface area (TPSA) is 19.0 Å². The van der Waals surface area contributed by atoms with E-state index in [1.54, 1.807) is 7.11 Å². The summed E-state index contributed by atoms with van der Waals surface area (Å²) in [5, 5.41) is 0. The molecule has 0 radical (unpaired) electrons. The minimum absolute atomic E-state index is 0.866. The van der Waals surface area contributed by atoms with E-state index in [9.17, 15) is 0 Å². The standard InChI is InChI=1S/C20H27N3O/c1-21-11-13-23(14-12-21)19-9-7-18(8-10-19)22(2)16-17-5-4-6-20(15-17)24-3/h4-10,15H,11-14,16H2,1-3H3. The summed E-state index contributed by atoms with van der Waals surface area (Å²) in [7, 11) is 6.03. The Bertz CT molecular complexity index is 648. The molecule has 2 aromatic carbocycles. The fourth-order valence-corrected chi connectivity index (χ4v) is 3.12. The number of methoxy groups -OCH3 is 1. The zero-order valence-electron chi connectivity index (χ0n) is 14.9. The molecule has 4 nitrogen and oxygen atoms in total. The Balaban J connectivity index is 1.64. The maximum absolute atomic E-state index is 5.31. The molecule has 3 rings (SSSR count). The lowest BCUT2D eigenvalue weighted by molar-refractivity contribution is 0.313. The Hall–Kier alpha value is -2.20. The lowest BCUT2D eigenvalue weighted by atomic mass is 10.2. The van der Waals surface area contributed by atoms with Crippen molar-refractivity contribution >= 4 is 11.4 Å². The van der Waals surface area contributed by atoms with Crippen LogP contribution in [-0.4, -0.2) is 52.3 Å². The predicted molar refractivity (Wildman–Crippen MR) is 101 cm³/mol. The average Bonchev–Trinajstić information content (AvgIpc) is 2.62. The van der Waals surface area contributed by atoms with Crippen LogP contribution >= 0.6 is 0 Å². The molecular weight excluding hydrogens is 298 g/mol. The first-order valence-corrected chi connectivity index (χ1v) is 8.53. The van der Waals surface area contributed by atoms with Crippen LogP contribution in [0, 0.1) is 0 Å². The van der Waals surface area contributed by atoms with Crippen LogP contribution in [0.25, 0.3) is 0 Å². The lowest BCUT2D eigenvalue weighted by Crippen LogP contribution is -2.44. The second kappa shape index (κ2) is 7.58. The second-order valence-electron chi connectivity index (χ2n) is 6.51. The first-order valence-electron chi connectivity index (χ1n) is 8.53. The third-order valence-corrected chi connectivity index (χ3v) is 4.71. The van der Waals surface area contributed by atoms with Crippen LogP contribution in [0.1, 0.15) is 5.56 Å². The van der Waals surface area contributed by atoms with Crippen LogP contribution in [0.15, 0.2) is 48.5 Å². The van der Waals surface area contributed by atoms with Gasteiger partial charge in [0, 0.05) is 51.1 Å². The van der Waals surface area contributed by atoms with Crippen LogP contribution < -0.4 is 14.5 Å². The van der Waals surface area contributed by atoms with Crippen LogP contribution in [0.4, 0.5) is 11.4 Å². The molecule has 1 fully saturated rings. The molecule has 0 aliphatic carbocycles. The van der Waals surface area contributed by atoms with E-state index >= 15 is 0 Å². The highest BCUT2D eigenvalue weighted by molar-refractivity contribution is 5.56. The zero-order valence-corrected chi connectivity index (χ0v) is 14.9. The Morgan fingerprint density at radius 1 is 1.00 bits per heavy atom. The van der Waals surface area contributed by atoms with Gasteiger partial charge in [0.2, 0.25) is 0 Å². The molecule has 4 heteroatoms. The second-order valence-corrected chi connectivity index (χ2v) is 6.51. The summed E-state index contributed by atoms with van der Waals surface area (Å²) in [4.78, 5) is 7.11. The van der Waals surface area contributed by atoms with Crippen LogP contribution in [0.3, 0.4) is 0 Å². The number of piperazine rings is 1. The van der Waals surface area contributed by atoms with Gasteiger partial charge in [-0.15, -0.1) is 0 Å². The third kappa shape index (κ3) is 4.01. The van der Waals surface area contributed by atoms with E-state index in [1.165, 1.54) is 16.9 Å². The summed E-state index contributed by atoms with van der Waals surface area (Å²) >= 11 is 0. The van der Waals surface area contributed by atoms with Gasteiger partial charge in [-0.3, -0.25) is 0 Å². The summed E-state index contributed by atoms with van der Waals surface area (Å²) < 4.78 is 5.31. The van der Waals surface area contributed by atoms with Crippen molar-refractivity contribution < 1.29 is 4.74 Å².